The van der Waals surface area contributed by atoms with Crippen LogP contribution in [0, 0.1) is 0 Å². The summed E-state index contributed by atoms with van der Waals surface area (Å²) in [6.45, 7) is 4.15. The molecule has 217 valence electrons. The standard InChI is InChI=1S/C31H27F3N4O4.K/c1-3-7-26-35-25(4-2)27(21-14-16-22(17-15-21)41-31(32,33)34)29(39)38(26)18-19-10-12-20(13-11-19)23-8-5-6-9-24(23)28-36-30(40)42-37-28;/h5-6,8-17H,3-4,7,18H2,1-2H3,(H,36,37,40);. The normalized spacial score (nSPS) is 11.3. The second-order valence-electron chi connectivity index (χ2n) is 9.60. The van der Waals surface area contributed by atoms with Crippen molar-refractivity contribution in [2.24, 2.45) is 0 Å². The molecule has 3 aromatic carbocycles. The Morgan fingerprint density at radius 2 is 1.56 bits per heavy atom. The van der Waals surface area contributed by atoms with Gasteiger partial charge in [0.25, 0.3) is 5.56 Å². The number of aromatic amines is 1. The predicted octanol–water partition coefficient (Wildman–Crippen LogP) is 6.00. The molecule has 1 N–H and O–H groups in total. The van der Waals surface area contributed by atoms with Gasteiger partial charge >= 0.3 is 12.1 Å². The number of aromatic nitrogens is 4. The molecule has 0 atom stereocenters. The van der Waals surface area contributed by atoms with Gasteiger partial charge in [0.1, 0.15) is 11.6 Å². The molecule has 8 nitrogen and oxygen atoms in total. The van der Waals surface area contributed by atoms with Gasteiger partial charge in [-0.3, -0.25) is 18.9 Å². The first-order valence-corrected chi connectivity index (χ1v) is 13.4. The zero-order chi connectivity index (χ0) is 29.9. The molecule has 0 fully saturated rings. The molecule has 0 aliphatic rings. The second kappa shape index (κ2) is 14.0. The maximum Gasteiger partial charge on any atom is 0.573 e. The molecular formula is C31H27F3KN4O4. The Morgan fingerprint density at radius 3 is 2.14 bits per heavy atom. The summed E-state index contributed by atoms with van der Waals surface area (Å²) >= 11 is 0. The first-order chi connectivity index (χ1) is 20.2. The zero-order valence-electron chi connectivity index (χ0n) is 23.9. The first kappa shape index (κ1) is 32.6. The number of ether oxygens (including phenoxy) is 1. The molecule has 0 bridgehead atoms. The van der Waals surface area contributed by atoms with Crippen LogP contribution in [0.2, 0.25) is 0 Å². The van der Waals surface area contributed by atoms with Crippen molar-refractivity contribution in [2.75, 3.05) is 0 Å². The average Bonchev–Trinajstić information content (AvgIpc) is 3.41. The number of halogens is 3. The molecule has 2 aromatic heterocycles. The number of benzene rings is 3. The largest absolute Gasteiger partial charge is 0.573 e. The van der Waals surface area contributed by atoms with E-state index >= 15 is 0 Å². The van der Waals surface area contributed by atoms with Gasteiger partial charge in [-0.1, -0.05) is 79.7 Å². The van der Waals surface area contributed by atoms with Crippen molar-refractivity contribution >= 4 is 51.4 Å². The number of nitrogens with zero attached hydrogens (tertiary/aromatic N) is 3. The number of aryl methyl sites for hydroxylation is 2. The van der Waals surface area contributed by atoms with Crippen molar-refractivity contribution < 1.29 is 22.4 Å². The topological polar surface area (TPSA) is 103 Å². The van der Waals surface area contributed by atoms with Crippen molar-refractivity contribution in [3.8, 4) is 39.4 Å². The second-order valence-corrected chi connectivity index (χ2v) is 9.60. The van der Waals surface area contributed by atoms with E-state index in [0.29, 0.717) is 46.9 Å². The fourth-order valence-electron chi connectivity index (χ4n) is 4.85. The van der Waals surface area contributed by atoms with E-state index in [4.69, 9.17) is 4.98 Å². The number of H-pyrrole nitrogens is 1. The first-order valence-electron chi connectivity index (χ1n) is 13.4. The van der Waals surface area contributed by atoms with Gasteiger partial charge in [0.2, 0.25) is 0 Å². The van der Waals surface area contributed by atoms with E-state index in [2.05, 4.69) is 19.4 Å². The maximum atomic E-state index is 13.9. The van der Waals surface area contributed by atoms with Crippen molar-refractivity contribution in [1.29, 1.82) is 0 Å². The van der Waals surface area contributed by atoms with Crippen LogP contribution in [0.5, 0.6) is 5.75 Å². The summed E-state index contributed by atoms with van der Waals surface area (Å²) in [5, 5.41) is 3.81. The molecule has 0 aliphatic carbocycles. The summed E-state index contributed by atoms with van der Waals surface area (Å²) < 4.78 is 48.2. The third-order valence-electron chi connectivity index (χ3n) is 6.74. The fraction of sp³-hybridized carbons (Fsp3) is 0.226. The molecule has 0 aliphatic heterocycles. The van der Waals surface area contributed by atoms with E-state index in [1.807, 2.05) is 62.4 Å². The third-order valence-corrected chi connectivity index (χ3v) is 6.74. The van der Waals surface area contributed by atoms with Gasteiger partial charge in [-0.05, 0) is 47.2 Å². The van der Waals surface area contributed by atoms with E-state index < -0.39 is 12.1 Å². The Bertz CT molecular complexity index is 1810. The Morgan fingerprint density at radius 1 is 0.907 bits per heavy atom. The van der Waals surface area contributed by atoms with Crippen LogP contribution in [-0.2, 0) is 19.4 Å². The van der Waals surface area contributed by atoms with Crippen LogP contribution in [0.25, 0.3) is 33.6 Å². The molecule has 0 saturated heterocycles. The number of alkyl halides is 3. The molecule has 0 spiro atoms. The molecule has 0 saturated carbocycles. The zero-order valence-corrected chi connectivity index (χ0v) is 27.0. The minimum absolute atomic E-state index is 0. The Kier molecular flexibility index (Phi) is 10.6. The van der Waals surface area contributed by atoms with E-state index in [9.17, 15) is 22.8 Å². The van der Waals surface area contributed by atoms with Crippen LogP contribution in [-0.4, -0.2) is 77.4 Å². The number of hydrogen-bond donors (Lipinski definition) is 1. The van der Waals surface area contributed by atoms with Crippen LogP contribution >= 0.6 is 0 Å². The number of nitrogens with one attached hydrogen (secondary N) is 1. The van der Waals surface area contributed by atoms with Crippen molar-refractivity contribution in [3.05, 3.63) is 111 Å². The van der Waals surface area contributed by atoms with Crippen LogP contribution < -0.4 is 16.1 Å². The van der Waals surface area contributed by atoms with Gasteiger partial charge in [-0.2, -0.15) is 0 Å². The summed E-state index contributed by atoms with van der Waals surface area (Å²) in [5.74, 6) is -0.0412. The Balaban J connectivity index is 0.00000423. The van der Waals surface area contributed by atoms with E-state index in [1.54, 1.807) is 4.57 Å². The number of rotatable bonds is 9. The molecule has 2 heterocycles. The van der Waals surface area contributed by atoms with Crippen molar-refractivity contribution in [1.82, 2.24) is 19.7 Å². The molecule has 43 heavy (non-hydrogen) atoms. The van der Waals surface area contributed by atoms with Gasteiger partial charge in [0.05, 0.1) is 17.8 Å². The molecular weight excluding hydrogens is 588 g/mol. The van der Waals surface area contributed by atoms with E-state index in [1.165, 1.54) is 24.3 Å². The Hall–Kier alpha value is -3.29. The van der Waals surface area contributed by atoms with E-state index in [-0.39, 0.29) is 69.2 Å². The molecule has 5 rings (SSSR count). The number of hydrogen-bond acceptors (Lipinski definition) is 6. The van der Waals surface area contributed by atoms with Crippen LogP contribution in [0.3, 0.4) is 0 Å². The molecule has 0 amide bonds. The maximum absolute atomic E-state index is 13.9. The van der Waals surface area contributed by atoms with Crippen molar-refractivity contribution in [3.63, 3.8) is 0 Å². The molecule has 5 aromatic rings. The smallest absolute Gasteiger partial charge is 0.406 e. The summed E-state index contributed by atoms with van der Waals surface area (Å²) in [5.41, 5.74) is 4.41. The summed E-state index contributed by atoms with van der Waals surface area (Å²) in [6.07, 6.45) is -2.97. The minimum atomic E-state index is -4.81. The summed E-state index contributed by atoms with van der Waals surface area (Å²) in [6, 6.07) is 20.4. The van der Waals surface area contributed by atoms with Gasteiger partial charge in [0, 0.05) is 63.4 Å². The quantitative estimate of drug-likeness (QED) is 0.204. The van der Waals surface area contributed by atoms with Gasteiger partial charge in [-0.25, -0.2) is 9.78 Å². The summed E-state index contributed by atoms with van der Waals surface area (Å²) in [4.78, 5) is 32.8. The molecule has 1 radical (unpaired) electrons. The van der Waals surface area contributed by atoms with E-state index in [0.717, 1.165) is 23.1 Å². The molecule has 0 unspecified atom stereocenters. The molecule has 12 heteroatoms. The monoisotopic (exact) mass is 615 g/mol. The average molecular weight is 616 g/mol. The van der Waals surface area contributed by atoms with Crippen LogP contribution in [0.4, 0.5) is 13.2 Å². The van der Waals surface area contributed by atoms with Crippen molar-refractivity contribution in [2.45, 2.75) is 46.0 Å². The minimum Gasteiger partial charge on any atom is -0.406 e. The van der Waals surface area contributed by atoms with Gasteiger partial charge in [0.15, 0.2) is 5.82 Å². The summed E-state index contributed by atoms with van der Waals surface area (Å²) in [7, 11) is 0. The van der Waals surface area contributed by atoms with Crippen LogP contribution in [0.15, 0.2) is 86.9 Å². The van der Waals surface area contributed by atoms with Gasteiger partial charge in [-0.15, -0.1) is 13.2 Å². The third kappa shape index (κ3) is 7.62. The fourth-order valence-corrected chi connectivity index (χ4v) is 4.85. The predicted molar refractivity (Wildman–Crippen MR) is 157 cm³/mol. The Labute approximate surface area is 287 Å². The van der Waals surface area contributed by atoms with Gasteiger partial charge < -0.3 is 4.74 Å². The SMILES string of the molecule is CCCc1nc(CC)c(-c2ccc(OC(F)(F)F)cc2)c(=O)n1Cc1ccc(-c2ccccc2-c2noc(=O)[nH]2)cc1.[K]. The van der Waals surface area contributed by atoms with Crippen LogP contribution in [0.1, 0.15) is 37.4 Å².